The highest BCUT2D eigenvalue weighted by Gasteiger charge is 2.40. The third-order valence-corrected chi connectivity index (χ3v) is 7.73. The molecule has 2 fully saturated rings. The Kier molecular flexibility index (Phi) is 9.89. The molecule has 0 radical (unpaired) electrons. The quantitative estimate of drug-likeness (QED) is 0.315. The van der Waals surface area contributed by atoms with Crippen LogP contribution in [0.1, 0.15) is 100 Å². The molecule has 2 aliphatic carbocycles. The summed E-state index contributed by atoms with van der Waals surface area (Å²) in [4.78, 5) is 26.5. The van der Waals surface area contributed by atoms with E-state index in [0.29, 0.717) is 41.9 Å². The number of carbonyl (C=O) groups is 2. The minimum absolute atomic E-state index is 0.0863. The van der Waals surface area contributed by atoms with Crippen LogP contribution in [0.5, 0.6) is 0 Å². The second kappa shape index (κ2) is 11.7. The topological polar surface area (TPSA) is 52.6 Å². The molecular weight excluding hydrogens is 388 g/mol. The van der Waals surface area contributed by atoms with Crippen molar-refractivity contribution in [2.24, 2.45) is 47.3 Å². The Morgan fingerprint density at radius 3 is 1.42 bits per heavy atom. The number of hydrogen-bond donors (Lipinski definition) is 0. The van der Waals surface area contributed by atoms with E-state index < -0.39 is 5.92 Å². The van der Waals surface area contributed by atoms with Gasteiger partial charge in [0.05, 0.1) is 0 Å². The SMILES string of the molecule is CC(C)CC(C(=O)OC1CC(C)CCC1C(C)C)C(=O)OC1CC(C)CCC1C(C)C. The first kappa shape index (κ1) is 26.2. The Hall–Kier alpha value is -1.06. The molecule has 0 heterocycles. The lowest BCUT2D eigenvalue weighted by Crippen LogP contribution is -2.41. The number of ether oxygens (including phenoxy) is 2. The summed E-state index contributed by atoms with van der Waals surface area (Å²) in [6.45, 7) is 17.4. The smallest absolute Gasteiger partial charge is 0.320 e. The molecule has 2 rings (SSSR count). The fourth-order valence-electron chi connectivity index (χ4n) is 5.72. The average Bonchev–Trinajstić information content (AvgIpc) is 2.65. The van der Waals surface area contributed by atoms with Gasteiger partial charge in [-0.05, 0) is 73.5 Å². The molecule has 180 valence electrons. The van der Waals surface area contributed by atoms with E-state index in [1.165, 1.54) is 12.8 Å². The van der Waals surface area contributed by atoms with Crippen LogP contribution in [0, 0.1) is 47.3 Å². The van der Waals surface area contributed by atoms with E-state index in [-0.39, 0.29) is 30.1 Å². The predicted molar refractivity (Wildman–Crippen MR) is 125 cm³/mol. The lowest BCUT2D eigenvalue weighted by Gasteiger charge is -2.38. The Bertz CT molecular complexity index is 536. The Balaban J connectivity index is 2.11. The van der Waals surface area contributed by atoms with E-state index >= 15 is 0 Å². The van der Waals surface area contributed by atoms with Gasteiger partial charge in [0.15, 0.2) is 5.92 Å². The number of hydrogen-bond acceptors (Lipinski definition) is 4. The molecule has 4 nitrogen and oxygen atoms in total. The molecule has 0 amide bonds. The van der Waals surface area contributed by atoms with Gasteiger partial charge in [-0.2, -0.15) is 0 Å². The molecule has 31 heavy (non-hydrogen) atoms. The van der Waals surface area contributed by atoms with Crippen molar-refractivity contribution in [2.75, 3.05) is 0 Å². The zero-order chi connectivity index (χ0) is 23.3. The summed E-state index contributed by atoms with van der Waals surface area (Å²) < 4.78 is 12.1. The van der Waals surface area contributed by atoms with Crippen LogP contribution >= 0.6 is 0 Å². The fraction of sp³-hybridized carbons (Fsp3) is 0.926. The maximum absolute atomic E-state index is 13.3. The highest BCUT2D eigenvalue weighted by Crippen LogP contribution is 2.38. The summed E-state index contributed by atoms with van der Waals surface area (Å²) >= 11 is 0. The van der Waals surface area contributed by atoms with Crippen LogP contribution in [0.3, 0.4) is 0 Å². The summed E-state index contributed by atoms with van der Waals surface area (Å²) in [6, 6.07) is 0. The van der Waals surface area contributed by atoms with Crippen LogP contribution in [-0.4, -0.2) is 24.1 Å². The predicted octanol–water partition coefficient (Wildman–Crippen LogP) is 6.66. The van der Waals surface area contributed by atoms with Gasteiger partial charge in [-0.1, -0.05) is 68.2 Å². The summed E-state index contributed by atoms with van der Waals surface area (Å²) in [5.41, 5.74) is 0. The molecule has 0 aromatic rings. The van der Waals surface area contributed by atoms with E-state index in [1.807, 2.05) is 13.8 Å². The van der Waals surface area contributed by atoms with E-state index in [4.69, 9.17) is 9.47 Å². The van der Waals surface area contributed by atoms with Crippen molar-refractivity contribution in [3.8, 4) is 0 Å². The van der Waals surface area contributed by atoms with Crippen molar-refractivity contribution in [3.05, 3.63) is 0 Å². The first-order chi connectivity index (χ1) is 14.5. The molecule has 6 atom stereocenters. The standard InChI is InChI=1S/C27H48O4/c1-16(2)13-23(26(28)30-24-14-19(7)9-11-21(24)17(3)4)27(29)31-25-15-20(8)10-12-22(25)18(5)6/h16-25H,9-15H2,1-8H3. The van der Waals surface area contributed by atoms with Crippen molar-refractivity contribution < 1.29 is 19.1 Å². The van der Waals surface area contributed by atoms with Crippen LogP contribution in [0.4, 0.5) is 0 Å². The minimum Gasteiger partial charge on any atom is -0.461 e. The third kappa shape index (κ3) is 7.49. The molecule has 0 aromatic heterocycles. The summed E-state index contributed by atoms with van der Waals surface area (Å²) in [6.07, 6.45) is 6.66. The largest absolute Gasteiger partial charge is 0.461 e. The summed E-state index contributed by atoms with van der Waals surface area (Å²) in [5.74, 6) is 1.48. The Morgan fingerprint density at radius 2 is 1.10 bits per heavy atom. The van der Waals surface area contributed by atoms with Crippen LogP contribution < -0.4 is 0 Å². The lowest BCUT2D eigenvalue weighted by atomic mass is 9.75. The van der Waals surface area contributed by atoms with Crippen molar-refractivity contribution in [3.63, 3.8) is 0 Å². The zero-order valence-corrected chi connectivity index (χ0v) is 21.4. The van der Waals surface area contributed by atoms with Gasteiger partial charge in [0.25, 0.3) is 0 Å². The molecular formula is C27H48O4. The molecule has 0 aromatic carbocycles. The second-order valence-corrected chi connectivity index (χ2v) is 11.8. The Morgan fingerprint density at radius 1 is 0.710 bits per heavy atom. The monoisotopic (exact) mass is 436 g/mol. The van der Waals surface area contributed by atoms with Gasteiger partial charge in [0, 0.05) is 0 Å². The number of carbonyl (C=O) groups excluding carboxylic acids is 2. The summed E-state index contributed by atoms with van der Waals surface area (Å²) in [7, 11) is 0. The van der Waals surface area contributed by atoms with Gasteiger partial charge in [0.2, 0.25) is 0 Å². The zero-order valence-electron chi connectivity index (χ0n) is 21.4. The lowest BCUT2D eigenvalue weighted by molar-refractivity contribution is -0.176. The third-order valence-electron chi connectivity index (χ3n) is 7.73. The second-order valence-electron chi connectivity index (χ2n) is 11.8. The van der Waals surface area contributed by atoms with Crippen LogP contribution in [0.2, 0.25) is 0 Å². The van der Waals surface area contributed by atoms with Crippen LogP contribution in [0.15, 0.2) is 0 Å². The fourth-order valence-corrected chi connectivity index (χ4v) is 5.72. The normalized spacial score (nSPS) is 32.9. The van der Waals surface area contributed by atoms with Crippen molar-refractivity contribution in [1.82, 2.24) is 0 Å². The van der Waals surface area contributed by atoms with Crippen LogP contribution in [-0.2, 0) is 19.1 Å². The van der Waals surface area contributed by atoms with Gasteiger partial charge in [-0.15, -0.1) is 0 Å². The van der Waals surface area contributed by atoms with Crippen molar-refractivity contribution >= 4 is 11.9 Å². The number of rotatable bonds is 8. The van der Waals surface area contributed by atoms with E-state index in [1.54, 1.807) is 0 Å². The first-order valence-electron chi connectivity index (χ1n) is 12.9. The molecule has 0 N–H and O–H groups in total. The molecule has 0 bridgehead atoms. The highest BCUT2D eigenvalue weighted by molar-refractivity contribution is 5.95. The van der Waals surface area contributed by atoms with E-state index in [2.05, 4.69) is 41.5 Å². The number of esters is 2. The molecule has 2 saturated carbocycles. The van der Waals surface area contributed by atoms with Gasteiger partial charge >= 0.3 is 11.9 Å². The maximum atomic E-state index is 13.3. The Labute approximate surface area is 191 Å². The molecule has 0 spiro atoms. The van der Waals surface area contributed by atoms with E-state index in [9.17, 15) is 9.59 Å². The molecule has 4 heteroatoms. The first-order valence-corrected chi connectivity index (χ1v) is 12.9. The van der Waals surface area contributed by atoms with Gasteiger partial charge < -0.3 is 9.47 Å². The van der Waals surface area contributed by atoms with Gasteiger partial charge in [-0.25, -0.2) is 0 Å². The average molecular weight is 437 g/mol. The van der Waals surface area contributed by atoms with Crippen LogP contribution in [0.25, 0.3) is 0 Å². The molecule has 0 saturated heterocycles. The highest BCUT2D eigenvalue weighted by atomic mass is 16.6. The maximum Gasteiger partial charge on any atom is 0.320 e. The van der Waals surface area contributed by atoms with Crippen molar-refractivity contribution in [2.45, 2.75) is 113 Å². The molecule has 2 aliphatic rings. The summed E-state index contributed by atoms with van der Waals surface area (Å²) in [5, 5.41) is 0. The van der Waals surface area contributed by atoms with Gasteiger partial charge in [0.1, 0.15) is 12.2 Å². The van der Waals surface area contributed by atoms with Gasteiger partial charge in [-0.3, -0.25) is 9.59 Å². The van der Waals surface area contributed by atoms with E-state index in [0.717, 1.165) is 25.7 Å². The minimum atomic E-state index is -0.810. The van der Waals surface area contributed by atoms with Crippen molar-refractivity contribution in [1.29, 1.82) is 0 Å². The molecule has 0 aliphatic heterocycles. The molecule has 6 unspecified atom stereocenters.